The Morgan fingerprint density at radius 2 is 1.91 bits per heavy atom. The molecule has 0 spiro atoms. The average molecular weight is 155 g/mol. The lowest BCUT2D eigenvalue weighted by atomic mass is 10.0. The molecule has 0 aromatic heterocycles. The van der Waals surface area contributed by atoms with Crippen LogP contribution < -0.4 is 5.73 Å². The van der Waals surface area contributed by atoms with E-state index in [2.05, 4.69) is 13.8 Å². The molecule has 0 aromatic carbocycles. The summed E-state index contributed by atoms with van der Waals surface area (Å²) < 4.78 is 0. The monoisotopic (exact) mass is 155 g/mol. The third-order valence-electron chi connectivity index (χ3n) is 1.92. The minimum atomic E-state index is -0.308. The van der Waals surface area contributed by atoms with Crippen molar-refractivity contribution in [2.24, 2.45) is 11.7 Å². The Balaban J connectivity index is 4.14. The Kier molecular flexibility index (Phi) is 4.59. The second-order valence-electron chi connectivity index (χ2n) is 2.79. The van der Waals surface area contributed by atoms with Gasteiger partial charge in [-0.1, -0.05) is 19.9 Å². The average Bonchev–Trinajstić information content (AvgIpc) is 1.99. The molecule has 11 heavy (non-hydrogen) atoms. The summed E-state index contributed by atoms with van der Waals surface area (Å²) in [5.74, 6) is 0.194. The summed E-state index contributed by atoms with van der Waals surface area (Å²) in [4.78, 5) is 10.6. The number of allylic oxidation sites excluding steroid dienone is 1. The van der Waals surface area contributed by atoms with E-state index < -0.39 is 0 Å². The minimum absolute atomic E-state index is 0.308. The van der Waals surface area contributed by atoms with Crippen molar-refractivity contribution in [3.05, 3.63) is 11.6 Å². The van der Waals surface area contributed by atoms with Gasteiger partial charge in [0, 0.05) is 5.57 Å². The van der Waals surface area contributed by atoms with Crippen molar-refractivity contribution in [2.75, 3.05) is 0 Å². The quantitative estimate of drug-likeness (QED) is 0.618. The summed E-state index contributed by atoms with van der Waals surface area (Å²) in [5, 5.41) is 0. The molecule has 0 rings (SSSR count). The molecule has 64 valence electrons. The van der Waals surface area contributed by atoms with Gasteiger partial charge in [0.2, 0.25) is 5.91 Å². The standard InChI is InChI=1S/C9H17NO/c1-4-8(5-2)6-7(3)9(10)11/h6,8H,4-5H2,1-3H3,(H2,10,11)/b7-6-. The van der Waals surface area contributed by atoms with Gasteiger partial charge in [-0.2, -0.15) is 0 Å². The summed E-state index contributed by atoms with van der Waals surface area (Å²) >= 11 is 0. The summed E-state index contributed by atoms with van der Waals surface area (Å²) in [7, 11) is 0. The van der Waals surface area contributed by atoms with Crippen LogP contribution in [0.15, 0.2) is 11.6 Å². The van der Waals surface area contributed by atoms with E-state index in [4.69, 9.17) is 5.73 Å². The largest absolute Gasteiger partial charge is 0.366 e. The normalized spacial score (nSPS) is 12.2. The van der Waals surface area contributed by atoms with Crippen LogP contribution in [-0.4, -0.2) is 5.91 Å². The van der Waals surface area contributed by atoms with Crippen molar-refractivity contribution in [2.45, 2.75) is 33.6 Å². The zero-order valence-corrected chi connectivity index (χ0v) is 7.55. The maximum atomic E-state index is 10.6. The molecular formula is C9H17NO. The van der Waals surface area contributed by atoms with Crippen LogP contribution in [-0.2, 0) is 4.79 Å². The third kappa shape index (κ3) is 3.81. The van der Waals surface area contributed by atoms with Gasteiger partial charge in [0.25, 0.3) is 0 Å². The highest BCUT2D eigenvalue weighted by Crippen LogP contribution is 2.11. The molecule has 2 N–H and O–H groups in total. The van der Waals surface area contributed by atoms with Gasteiger partial charge < -0.3 is 5.73 Å². The summed E-state index contributed by atoms with van der Waals surface area (Å²) in [5.41, 5.74) is 5.77. The van der Waals surface area contributed by atoms with E-state index in [0.29, 0.717) is 11.5 Å². The van der Waals surface area contributed by atoms with Crippen LogP contribution in [0, 0.1) is 5.92 Å². The fourth-order valence-electron chi connectivity index (χ4n) is 0.960. The first-order chi connectivity index (χ1) is 5.11. The number of hydrogen-bond acceptors (Lipinski definition) is 1. The first kappa shape index (κ1) is 10.2. The van der Waals surface area contributed by atoms with Crippen molar-refractivity contribution in [3.63, 3.8) is 0 Å². The molecule has 0 fully saturated rings. The maximum Gasteiger partial charge on any atom is 0.244 e. The molecule has 0 aromatic rings. The van der Waals surface area contributed by atoms with Gasteiger partial charge in [0.15, 0.2) is 0 Å². The van der Waals surface area contributed by atoms with Crippen LogP contribution in [0.5, 0.6) is 0 Å². The molecule has 0 bridgehead atoms. The molecule has 0 aliphatic rings. The topological polar surface area (TPSA) is 43.1 Å². The first-order valence-electron chi connectivity index (χ1n) is 4.10. The van der Waals surface area contributed by atoms with E-state index in [1.54, 1.807) is 6.92 Å². The van der Waals surface area contributed by atoms with Crippen LogP contribution in [0.4, 0.5) is 0 Å². The van der Waals surface area contributed by atoms with E-state index in [1.807, 2.05) is 6.08 Å². The Labute approximate surface area is 68.5 Å². The molecule has 2 nitrogen and oxygen atoms in total. The lowest BCUT2D eigenvalue weighted by molar-refractivity contribution is -0.114. The van der Waals surface area contributed by atoms with Crippen LogP contribution in [0.1, 0.15) is 33.6 Å². The molecule has 2 heteroatoms. The highest BCUT2D eigenvalue weighted by Gasteiger charge is 2.02. The van der Waals surface area contributed by atoms with Crippen molar-refractivity contribution >= 4 is 5.91 Å². The van der Waals surface area contributed by atoms with E-state index in [9.17, 15) is 4.79 Å². The number of rotatable bonds is 4. The number of carbonyl (C=O) groups is 1. The van der Waals surface area contributed by atoms with Crippen LogP contribution in [0.2, 0.25) is 0 Å². The third-order valence-corrected chi connectivity index (χ3v) is 1.92. The fourth-order valence-corrected chi connectivity index (χ4v) is 0.960. The van der Waals surface area contributed by atoms with Gasteiger partial charge in [-0.25, -0.2) is 0 Å². The smallest absolute Gasteiger partial charge is 0.244 e. The molecule has 0 heterocycles. The van der Waals surface area contributed by atoms with E-state index in [0.717, 1.165) is 12.8 Å². The van der Waals surface area contributed by atoms with Gasteiger partial charge in [0.05, 0.1) is 0 Å². The van der Waals surface area contributed by atoms with Crippen molar-refractivity contribution < 1.29 is 4.79 Å². The second-order valence-corrected chi connectivity index (χ2v) is 2.79. The fraction of sp³-hybridized carbons (Fsp3) is 0.667. The zero-order valence-electron chi connectivity index (χ0n) is 7.55. The minimum Gasteiger partial charge on any atom is -0.366 e. The Morgan fingerprint density at radius 3 is 2.18 bits per heavy atom. The van der Waals surface area contributed by atoms with E-state index in [-0.39, 0.29) is 5.91 Å². The molecule has 0 saturated carbocycles. The van der Waals surface area contributed by atoms with Gasteiger partial charge >= 0.3 is 0 Å². The molecule has 1 amide bonds. The van der Waals surface area contributed by atoms with Crippen LogP contribution in [0.3, 0.4) is 0 Å². The zero-order chi connectivity index (χ0) is 8.85. The van der Waals surface area contributed by atoms with Crippen molar-refractivity contribution in [1.82, 2.24) is 0 Å². The number of primary amides is 1. The predicted octanol–water partition coefficient (Wildman–Crippen LogP) is 1.85. The van der Waals surface area contributed by atoms with Gasteiger partial charge in [-0.05, 0) is 25.7 Å². The molecule has 0 atom stereocenters. The van der Waals surface area contributed by atoms with Crippen molar-refractivity contribution in [1.29, 1.82) is 0 Å². The number of nitrogens with two attached hydrogens (primary N) is 1. The molecular weight excluding hydrogens is 138 g/mol. The molecule has 0 aliphatic heterocycles. The Bertz CT molecular complexity index is 157. The Hall–Kier alpha value is -0.790. The van der Waals surface area contributed by atoms with Crippen LogP contribution >= 0.6 is 0 Å². The second kappa shape index (κ2) is 4.94. The van der Waals surface area contributed by atoms with E-state index >= 15 is 0 Å². The molecule has 0 radical (unpaired) electrons. The number of amides is 1. The highest BCUT2D eigenvalue weighted by molar-refractivity contribution is 5.91. The van der Waals surface area contributed by atoms with Gasteiger partial charge in [-0.15, -0.1) is 0 Å². The summed E-state index contributed by atoms with van der Waals surface area (Å²) in [6.07, 6.45) is 4.10. The molecule has 0 saturated heterocycles. The lowest BCUT2D eigenvalue weighted by Gasteiger charge is -2.06. The maximum absolute atomic E-state index is 10.6. The van der Waals surface area contributed by atoms with Gasteiger partial charge in [-0.3, -0.25) is 4.79 Å². The SMILES string of the molecule is CCC(/C=C(/C)C(N)=O)CC. The first-order valence-corrected chi connectivity index (χ1v) is 4.10. The predicted molar refractivity (Wildman–Crippen MR) is 47.0 cm³/mol. The summed E-state index contributed by atoms with van der Waals surface area (Å²) in [6.45, 7) is 5.98. The van der Waals surface area contributed by atoms with Crippen LogP contribution in [0.25, 0.3) is 0 Å². The van der Waals surface area contributed by atoms with E-state index in [1.165, 1.54) is 0 Å². The Morgan fingerprint density at radius 1 is 1.45 bits per heavy atom. The molecule has 0 aliphatic carbocycles. The number of hydrogen-bond donors (Lipinski definition) is 1. The lowest BCUT2D eigenvalue weighted by Crippen LogP contribution is -2.12. The summed E-state index contributed by atoms with van der Waals surface area (Å²) in [6, 6.07) is 0. The number of carbonyl (C=O) groups excluding carboxylic acids is 1. The highest BCUT2D eigenvalue weighted by atomic mass is 16.1. The van der Waals surface area contributed by atoms with Gasteiger partial charge in [0.1, 0.15) is 0 Å². The molecule has 0 unspecified atom stereocenters. The van der Waals surface area contributed by atoms with Crippen molar-refractivity contribution in [3.8, 4) is 0 Å².